The molecule has 76 valence electrons. The molecular weight excluding hydrogens is 262 g/mol. The first-order valence-electron chi connectivity index (χ1n) is 4.14. The topological polar surface area (TPSA) is 63.3 Å². The van der Waals surface area contributed by atoms with Crippen molar-refractivity contribution in [2.45, 2.75) is 0 Å². The third-order valence-electron chi connectivity index (χ3n) is 1.90. The lowest BCUT2D eigenvalue weighted by atomic mass is 10.1. The van der Waals surface area contributed by atoms with Gasteiger partial charge in [0.15, 0.2) is 10.4 Å². The molecule has 1 N–H and O–H groups in total. The molecule has 15 heavy (non-hydrogen) atoms. The zero-order valence-electron chi connectivity index (χ0n) is 7.48. The molecule has 0 spiro atoms. The van der Waals surface area contributed by atoms with Crippen LogP contribution in [0.5, 0.6) is 0 Å². The lowest BCUT2D eigenvalue weighted by Crippen LogP contribution is -1.97. The van der Waals surface area contributed by atoms with Crippen molar-refractivity contribution in [2.75, 3.05) is 0 Å². The second-order valence-electron chi connectivity index (χ2n) is 2.85. The zero-order chi connectivity index (χ0) is 10.8. The number of carboxylic acid groups (broad SMARTS) is 1. The summed E-state index contributed by atoms with van der Waals surface area (Å²) in [6.45, 7) is 0. The van der Waals surface area contributed by atoms with Gasteiger partial charge in [-0.15, -0.1) is 0 Å². The average Bonchev–Trinajstić information content (AvgIpc) is 2.61. The number of carbonyl (C=O) groups is 1. The number of aromatic carboxylic acids is 1. The predicted molar refractivity (Wildman–Crippen MR) is 56.6 cm³/mol. The second-order valence-corrected chi connectivity index (χ2v) is 3.60. The Balaban J connectivity index is 2.59. The SMILES string of the molecule is O=C(O)c1c(Br)noc1-c1ccccc1. The molecular formula is C10H6BrNO3. The normalized spacial score (nSPS) is 10.2. The highest BCUT2D eigenvalue weighted by atomic mass is 79.9. The van der Waals surface area contributed by atoms with Crippen LogP contribution >= 0.6 is 15.9 Å². The van der Waals surface area contributed by atoms with Crippen molar-refractivity contribution in [3.8, 4) is 11.3 Å². The minimum Gasteiger partial charge on any atom is -0.477 e. The van der Waals surface area contributed by atoms with E-state index in [0.29, 0.717) is 5.56 Å². The van der Waals surface area contributed by atoms with E-state index in [0.717, 1.165) is 0 Å². The van der Waals surface area contributed by atoms with Gasteiger partial charge >= 0.3 is 5.97 Å². The highest BCUT2D eigenvalue weighted by Crippen LogP contribution is 2.28. The Morgan fingerprint density at radius 3 is 2.60 bits per heavy atom. The van der Waals surface area contributed by atoms with E-state index in [4.69, 9.17) is 9.63 Å². The molecule has 0 unspecified atom stereocenters. The van der Waals surface area contributed by atoms with Gasteiger partial charge in [-0.2, -0.15) is 0 Å². The van der Waals surface area contributed by atoms with E-state index in [2.05, 4.69) is 21.1 Å². The third kappa shape index (κ3) is 1.78. The lowest BCUT2D eigenvalue weighted by molar-refractivity contribution is 0.0696. The molecule has 5 heteroatoms. The van der Waals surface area contributed by atoms with Crippen molar-refractivity contribution in [2.24, 2.45) is 0 Å². The van der Waals surface area contributed by atoms with Crippen LogP contribution in [-0.4, -0.2) is 16.2 Å². The molecule has 0 aliphatic carbocycles. The van der Waals surface area contributed by atoms with Crippen molar-refractivity contribution in [1.29, 1.82) is 0 Å². The van der Waals surface area contributed by atoms with E-state index in [1.54, 1.807) is 24.3 Å². The molecule has 0 fully saturated rings. The van der Waals surface area contributed by atoms with E-state index in [-0.39, 0.29) is 15.9 Å². The monoisotopic (exact) mass is 267 g/mol. The van der Waals surface area contributed by atoms with Gasteiger partial charge in [0.05, 0.1) is 0 Å². The van der Waals surface area contributed by atoms with E-state index in [1.165, 1.54) is 0 Å². The number of halogens is 1. The average molecular weight is 268 g/mol. The molecule has 0 saturated carbocycles. The van der Waals surface area contributed by atoms with Gasteiger partial charge in [-0.05, 0) is 15.9 Å². The number of aromatic nitrogens is 1. The van der Waals surface area contributed by atoms with Gasteiger partial charge in [0.1, 0.15) is 5.56 Å². The second kappa shape index (κ2) is 3.86. The van der Waals surface area contributed by atoms with Gasteiger partial charge in [0, 0.05) is 5.56 Å². The highest BCUT2D eigenvalue weighted by Gasteiger charge is 2.21. The molecule has 0 bridgehead atoms. The Bertz CT molecular complexity index is 493. The minimum atomic E-state index is -1.07. The molecule has 1 aromatic heterocycles. The van der Waals surface area contributed by atoms with Crippen LogP contribution in [0.15, 0.2) is 39.5 Å². The molecule has 0 atom stereocenters. The van der Waals surface area contributed by atoms with Gasteiger partial charge in [-0.3, -0.25) is 0 Å². The van der Waals surface area contributed by atoms with Crippen molar-refractivity contribution < 1.29 is 14.4 Å². The van der Waals surface area contributed by atoms with Crippen LogP contribution in [0.3, 0.4) is 0 Å². The standard InChI is InChI=1S/C10H6BrNO3/c11-9-7(10(13)14)8(15-12-9)6-4-2-1-3-5-6/h1-5H,(H,13,14). The van der Waals surface area contributed by atoms with Crippen molar-refractivity contribution in [3.05, 3.63) is 40.5 Å². The summed E-state index contributed by atoms with van der Waals surface area (Å²) < 4.78 is 5.17. The van der Waals surface area contributed by atoms with Crippen molar-refractivity contribution in [3.63, 3.8) is 0 Å². The van der Waals surface area contributed by atoms with Crippen LogP contribution in [0, 0.1) is 0 Å². The summed E-state index contributed by atoms with van der Waals surface area (Å²) in [6.07, 6.45) is 0. The van der Waals surface area contributed by atoms with Crippen LogP contribution in [-0.2, 0) is 0 Å². The Hall–Kier alpha value is -1.62. The third-order valence-corrected chi connectivity index (χ3v) is 2.44. The number of hydrogen-bond acceptors (Lipinski definition) is 3. The molecule has 2 rings (SSSR count). The Kier molecular flexibility index (Phi) is 2.55. The van der Waals surface area contributed by atoms with Crippen molar-refractivity contribution in [1.82, 2.24) is 5.16 Å². The summed E-state index contributed by atoms with van der Waals surface area (Å²) in [5.41, 5.74) is 0.731. The van der Waals surface area contributed by atoms with Crippen LogP contribution in [0.2, 0.25) is 0 Å². The Morgan fingerprint density at radius 2 is 2.00 bits per heavy atom. The largest absolute Gasteiger partial charge is 0.477 e. The fourth-order valence-corrected chi connectivity index (χ4v) is 1.66. The summed E-state index contributed by atoms with van der Waals surface area (Å²) in [4.78, 5) is 10.9. The number of nitrogens with zero attached hydrogens (tertiary/aromatic N) is 1. The first-order chi connectivity index (χ1) is 7.20. The molecule has 0 radical (unpaired) electrons. The summed E-state index contributed by atoms with van der Waals surface area (Å²) in [6, 6.07) is 8.98. The smallest absolute Gasteiger partial charge is 0.342 e. The van der Waals surface area contributed by atoms with Crippen LogP contribution in [0.4, 0.5) is 0 Å². The van der Waals surface area contributed by atoms with Crippen molar-refractivity contribution >= 4 is 21.9 Å². The van der Waals surface area contributed by atoms with Gasteiger partial charge in [0.25, 0.3) is 0 Å². The lowest BCUT2D eigenvalue weighted by Gasteiger charge is -1.96. The van der Waals surface area contributed by atoms with E-state index >= 15 is 0 Å². The van der Waals surface area contributed by atoms with Gasteiger partial charge < -0.3 is 9.63 Å². The van der Waals surface area contributed by atoms with Gasteiger partial charge in [-0.25, -0.2) is 4.79 Å². The van der Waals surface area contributed by atoms with Gasteiger partial charge in [-0.1, -0.05) is 35.5 Å². The van der Waals surface area contributed by atoms with E-state index in [1.807, 2.05) is 6.07 Å². The predicted octanol–water partition coefficient (Wildman–Crippen LogP) is 2.80. The number of benzene rings is 1. The highest BCUT2D eigenvalue weighted by molar-refractivity contribution is 9.10. The summed E-state index contributed by atoms with van der Waals surface area (Å²) >= 11 is 3.03. The molecule has 0 aliphatic rings. The van der Waals surface area contributed by atoms with Crippen LogP contribution in [0.25, 0.3) is 11.3 Å². The van der Waals surface area contributed by atoms with E-state index < -0.39 is 5.97 Å². The summed E-state index contributed by atoms with van der Waals surface area (Å²) in [7, 11) is 0. The first-order valence-corrected chi connectivity index (χ1v) is 4.93. The summed E-state index contributed by atoms with van der Waals surface area (Å²) in [5.74, 6) is -0.808. The molecule has 0 aliphatic heterocycles. The maximum absolute atomic E-state index is 10.9. The molecule has 0 amide bonds. The number of rotatable bonds is 2. The molecule has 0 saturated heterocycles. The molecule has 1 aromatic carbocycles. The molecule has 2 aromatic rings. The fourth-order valence-electron chi connectivity index (χ4n) is 1.24. The zero-order valence-corrected chi connectivity index (χ0v) is 9.06. The number of hydrogen-bond donors (Lipinski definition) is 1. The fraction of sp³-hybridized carbons (Fsp3) is 0. The molecule has 1 heterocycles. The van der Waals surface area contributed by atoms with Crippen LogP contribution in [0.1, 0.15) is 10.4 Å². The van der Waals surface area contributed by atoms with Gasteiger partial charge in [0.2, 0.25) is 0 Å². The minimum absolute atomic E-state index is 0.0428. The maximum atomic E-state index is 10.9. The van der Waals surface area contributed by atoms with E-state index in [9.17, 15) is 4.79 Å². The maximum Gasteiger partial charge on any atom is 0.342 e. The van der Waals surface area contributed by atoms with Crippen LogP contribution < -0.4 is 0 Å². The Labute approximate surface area is 93.6 Å². The quantitative estimate of drug-likeness (QED) is 0.909. The summed E-state index contributed by atoms with van der Waals surface area (Å²) in [5, 5.41) is 12.5. The Morgan fingerprint density at radius 1 is 1.33 bits per heavy atom. The first kappa shape index (κ1) is 9.92. The number of carboxylic acids is 1. The molecule has 4 nitrogen and oxygen atoms in total.